The summed E-state index contributed by atoms with van der Waals surface area (Å²) in [5.41, 5.74) is 5.47. The molecule has 3 fully saturated rings. The van der Waals surface area contributed by atoms with Crippen molar-refractivity contribution < 1.29 is 51.9 Å². The predicted octanol–water partition coefficient (Wildman–Crippen LogP) is 5.50. The summed E-state index contributed by atoms with van der Waals surface area (Å²) in [4.78, 5) is 59.7. The molecule has 0 radical (unpaired) electrons. The molecular formula is C43H67FN6O10S. The lowest BCUT2D eigenvalue weighted by atomic mass is 9.76. The van der Waals surface area contributed by atoms with Gasteiger partial charge in [-0.05, 0) is 86.0 Å². The van der Waals surface area contributed by atoms with Crippen LogP contribution in [0.2, 0.25) is 0 Å². The topological polar surface area (TPSA) is 198 Å². The Morgan fingerprint density at radius 3 is 2.39 bits per heavy atom. The summed E-state index contributed by atoms with van der Waals surface area (Å²) in [6, 6.07) is 6.35. The van der Waals surface area contributed by atoms with Crippen molar-refractivity contribution in [3.05, 3.63) is 30.5 Å². The van der Waals surface area contributed by atoms with Crippen molar-refractivity contribution in [3.8, 4) is 11.3 Å². The maximum atomic E-state index is 14.4. The fourth-order valence-corrected chi connectivity index (χ4v) is 8.91. The largest absolute Gasteiger partial charge is 0.458 e. The van der Waals surface area contributed by atoms with Crippen molar-refractivity contribution in [2.75, 3.05) is 39.7 Å². The number of hydrogen-bond donors (Lipinski definition) is 2. The first-order chi connectivity index (χ1) is 28.7. The van der Waals surface area contributed by atoms with Gasteiger partial charge < -0.3 is 44.3 Å². The molecule has 3 N–H and O–H groups in total. The van der Waals surface area contributed by atoms with Crippen LogP contribution < -0.4 is 5.73 Å². The van der Waals surface area contributed by atoms with Crippen molar-refractivity contribution in [3.63, 3.8) is 0 Å². The molecule has 61 heavy (non-hydrogen) atoms. The van der Waals surface area contributed by atoms with E-state index < -0.39 is 77.4 Å². The Balaban J connectivity index is 0.00000265. The molecule has 2 aromatic rings. The number of halogens is 1. The fraction of sp³-hybridized carbons (Fsp3) is 0.721. The number of fused-ring (bicyclic) bond motifs is 1. The molecule has 2 unspecified atom stereocenters. The zero-order valence-corrected chi connectivity index (χ0v) is 38.4. The van der Waals surface area contributed by atoms with E-state index in [0.717, 1.165) is 5.56 Å². The number of nitrogens with two attached hydrogens (primary N) is 1. The molecule has 16 nitrogen and oxygen atoms in total. The Hall–Kier alpha value is -3.68. The normalized spacial score (nSPS) is 34.0. The molecule has 1 aromatic heterocycles. The number of anilines is 1. The maximum absolute atomic E-state index is 14.4. The molecule has 3 aliphatic rings. The standard InChI is InChI=1S/C42H64N6O10.CH3FS/c1-11-34-42(7)33(48(40(53)58-42)18-13-12-17-47-23-30(44-45-47)28-15-14-16-29(43)20-28)21-32(49)24(2)22-41(6,54-10)37(26(4)35(50)27(5)38(52)56-34)57-39-36(51)31(46(8)9)19-25(3)55-39;1-3-2/h14-16,20,23-27,31,33-34,36-37,39,51H,11-13,17-19,21-22,43H2,1-10H3;1H3/t24-,25-,26+,27-,31?,33-,34-,36?,37-,39+,41-,42+;/m1./s1. The Kier molecular flexibility index (Phi) is 17.7. The number of hydrogen-bond acceptors (Lipinski definition) is 15. The van der Waals surface area contributed by atoms with Crippen molar-refractivity contribution in [2.24, 2.45) is 17.8 Å². The second-order valence-electron chi connectivity index (χ2n) is 17.3. The summed E-state index contributed by atoms with van der Waals surface area (Å²) in [7, 11) is 5.22. The van der Waals surface area contributed by atoms with E-state index in [-0.39, 0.29) is 55.9 Å². The van der Waals surface area contributed by atoms with Crippen molar-refractivity contribution >= 4 is 41.5 Å². The van der Waals surface area contributed by atoms with E-state index >= 15 is 0 Å². The van der Waals surface area contributed by atoms with Crippen LogP contribution in [0.15, 0.2) is 30.5 Å². The molecular weight excluding hydrogens is 812 g/mol. The van der Waals surface area contributed by atoms with Gasteiger partial charge in [0.2, 0.25) is 0 Å². The molecule has 3 aliphatic heterocycles. The number of benzene rings is 1. The highest BCUT2D eigenvalue weighted by Crippen LogP contribution is 2.41. The number of ether oxygens (including phenoxy) is 5. The lowest BCUT2D eigenvalue weighted by molar-refractivity contribution is -0.295. The molecule has 1 amide bonds. The minimum atomic E-state index is -1.39. The average Bonchev–Trinajstić information content (AvgIpc) is 3.78. The van der Waals surface area contributed by atoms with Crippen LogP contribution >= 0.6 is 12.1 Å². The Bertz CT molecular complexity index is 1800. The lowest BCUT2D eigenvalue weighted by Crippen LogP contribution is -2.59. The molecule has 3 saturated heterocycles. The summed E-state index contributed by atoms with van der Waals surface area (Å²) >= 11 is 0.250. The number of likely N-dealkylation sites (N-methyl/N-ethyl adjacent to an activating group) is 1. The van der Waals surface area contributed by atoms with E-state index in [0.29, 0.717) is 37.2 Å². The highest BCUT2D eigenvalue weighted by molar-refractivity contribution is 7.93. The number of unbranched alkanes of at least 4 members (excludes halogenated alkanes) is 1. The van der Waals surface area contributed by atoms with Crippen LogP contribution in [0.4, 0.5) is 14.4 Å². The third-order valence-electron chi connectivity index (χ3n) is 12.6. The zero-order chi connectivity index (χ0) is 45.4. The molecule has 1 aromatic carbocycles. The van der Waals surface area contributed by atoms with Crippen molar-refractivity contribution in [1.82, 2.24) is 24.8 Å². The van der Waals surface area contributed by atoms with Gasteiger partial charge >= 0.3 is 12.1 Å². The first-order valence-corrected chi connectivity index (χ1v) is 22.2. The molecule has 342 valence electrons. The number of aryl methyl sites for hydroxylation is 1. The van der Waals surface area contributed by atoms with E-state index in [1.807, 2.05) is 50.3 Å². The zero-order valence-electron chi connectivity index (χ0n) is 37.5. The van der Waals surface area contributed by atoms with Crippen LogP contribution in [0, 0.1) is 17.8 Å². The molecule has 0 spiro atoms. The summed E-state index contributed by atoms with van der Waals surface area (Å²) in [6.07, 6.45) is 0.255. The number of Topliss-reactive ketones (excluding diaryl/α,β-unsaturated/α-hetero) is 2. The molecule has 18 heteroatoms. The predicted molar refractivity (Wildman–Crippen MR) is 229 cm³/mol. The van der Waals surface area contributed by atoms with Crippen LogP contribution in [0.1, 0.15) is 87.0 Å². The van der Waals surface area contributed by atoms with Crippen LogP contribution in [0.3, 0.4) is 0 Å². The van der Waals surface area contributed by atoms with Gasteiger partial charge in [-0.25, -0.2) is 4.79 Å². The number of amides is 1. The minimum Gasteiger partial charge on any atom is -0.458 e. The summed E-state index contributed by atoms with van der Waals surface area (Å²) in [5.74, 6) is -4.22. The SMILES string of the molecule is CC[C@H]1OC(=O)[C@H](C)C(=O)[C@H](C)[C@@H](O[C@@H]2O[C@H](C)CC(N(C)C)C2O)[C@](C)(OC)C[C@@H](C)C(=O)C[C@H]2N(CCCCn3cc(-c4cccc(N)c4)nn3)C(=O)O[C@]12C.CSF. The number of carbonyl (C=O) groups is 4. The second kappa shape index (κ2) is 21.6. The Labute approximate surface area is 363 Å². The third-order valence-corrected chi connectivity index (χ3v) is 12.6. The third kappa shape index (κ3) is 11.7. The van der Waals surface area contributed by atoms with E-state index in [9.17, 15) is 28.2 Å². The first-order valence-electron chi connectivity index (χ1n) is 21.1. The number of esters is 1. The van der Waals surface area contributed by atoms with E-state index in [1.165, 1.54) is 20.3 Å². The van der Waals surface area contributed by atoms with Gasteiger partial charge in [-0.1, -0.05) is 38.1 Å². The Morgan fingerprint density at radius 2 is 1.77 bits per heavy atom. The smallest absolute Gasteiger partial charge is 0.410 e. The number of cyclic esters (lactones) is 1. The van der Waals surface area contributed by atoms with Gasteiger partial charge in [0.05, 0.1) is 30.0 Å². The monoisotopic (exact) mass is 878 g/mol. The van der Waals surface area contributed by atoms with Crippen LogP contribution in [0.5, 0.6) is 0 Å². The van der Waals surface area contributed by atoms with Gasteiger partial charge in [0.1, 0.15) is 29.6 Å². The lowest BCUT2D eigenvalue weighted by Gasteiger charge is -2.46. The molecule has 0 aliphatic carbocycles. The van der Waals surface area contributed by atoms with Crippen molar-refractivity contribution in [2.45, 2.75) is 148 Å². The maximum Gasteiger partial charge on any atom is 0.410 e. The highest BCUT2D eigenvalue weighted by atomic mass is 32.2. The van der Waals surface area contributed by atoms with Crippen LogP contribution in [0.25, 0.3) is 11.3 Å². The van der Waals surface area contributed by atoms with Gasteiger partial charge in [0.25, 0.3) is 0 Å². The van der Waals surface area contributed by atoms with Gasteiger partial charge in [-0.2, -0.15) is 3.89 Å². The number of methoxy groups -OCH3 is 1. The number of aliphatic hydroxyl groups excluding tert-OH is 1. The Morgan fingerprint density at radius 1 is 1.10 bits per heavy atom. The number of nitrogen functional groups attached to an aromatic ring is 1. The average molecular weight is 879 g/mol. The number of aromatic nitrogens is 3. The second-order valence-corrected chi connectivity index (χ2v) is 17.6. The van der Waals surface area contributed by atoms with Crippen LogP contribution in [-0.4, -0.2) is 142 Å². The van der Waals surface area contributed by atoms with Gasteiger partial charge in [0.15, 0.2) is 17.7 Å². The molecule has 0 bridgehead atoms. The van der Waals surface area contributed by atoms with Crippen LogP contribution in [-0.2, 0) is 44.6 Å². The number of carbonyl (C=O) groups excluding carboxylic acids is 4. The van der Waals surface area contributed by atoms with Gasteiger partial charge in [0, 0.05) is 74.2 Å². The summed E-state index contributed by atoms with van der Waals surface area (Å²) in [5, 5.41) is 19.9. The molecule has 5 rings (SSSR count). The first kappa shape index (κ1) is 50.0. The molecule has 12 atom stereocenters. The van der Waals surface area contributed by atoms with Gasteiger partial charge in [-0.15, -0.1) is 5.10 Å². The summed E-state index contributed by atoms with van der Waals surface area (Å²) < 4.78 is 42.9. The molecule has 0 saturated carbocycles. The van der Waals surface area contributed by atoms with E-state index in [1.54, 1.807) is 50.3 Å². The quantitative estimate of drug-likeness (QED) is 0.124. The number of rotatable bonds is 11. The van der Waals surface area contributed by atoms with E-state index in [2.05, 4.69) is 10.3 Å². The number of aliphatic hydroxyl groups is 1. The van der Waals surface area contributed by atoms with Crippen molar-refractivity contribution in [1.29, 1.82) is 0 Å². The van der Waals surface area contributed by atoms with Gasteiger partial charge in [-0.3, -0.25) is 19.1 Å². The number of ketones is 2. The fourth-order valence-electron chi connectivity index (χ4n) is 8.91. The minimum absolute atomic E-state index is 0.0774. The van der Waals surface area contributed by atoms with E-state index in [4.69, 9.17) is 29.4 Å². The highest BCUT2D eigenvalue weighted by Gasteiger charge is 2.58. The number of nitrogens with zero attached hydrogens (tertiary/aromatic N) is 5. The molecule has 4 heterocycles. The summed E-state index contributed by atoms with van der Waals surface area (Å²) in [6.45, 7) is 12.9.